The molecule has 0 spiro atoms. The lowest BCUT2D eigenvalue weighted by Crippen LogP contribution is -1.80. The van der Waals surface area contributed by atoms with Crippen LogP contribution in [0.3, 0.4) is 0 Å². The molecule has 0 bridgehead atoms. The summed E-state index contributed by atoms with van der Waals surface area (Å²) >= 11 is 1.55. The Morgan fingerprint density at radius 3 is 3.17 bits per heavy atom. The molecule has 0 N–H and O–H groups in total. The average molecular weight is 179 g/mol. The quantitative estimate of drug-likeness (QED) is 0.664. The Hall–Kier alpha value is -1.42. The van der Waals surface area contributed by atoms with Gasteiger partial charge >= 0.3 is 0 Å². The van der Waals surface area contributed by atoms with E-state index < -0.39 is 0 Å². The monoisotopic (exact) mass is 179 g/mol. The third kappa shape index (κ3) is 1.06. The van der Waals surface area contributed by atoms with Gasteiger partial charge in [-0.1, -0.05) is 11.2 Å². The van der Waals surface area contributed by atoms with Gasteiger partial charge in [-0.05, 0) is 11.4 Å². The van der Waals surface area contributed by atoms with Gasteiger partial charge in [0, 0.05) is 4.88 Å². The van der Waals surface area contributed by atoms with Crippen LogP contribution in [0, 0.1) is 0 Å². The highest BCUT2D eigenvalue weighted by molar-refractivity contribution is 7.13. The maximum Gasteiger partial charge on any atom is 0.172 e. The second-order valence-corrected chi connectivity index (χ2v) is 3.16. The van der Waals surface area contributed by atoms with Crippen LogP contribution >= 0.6 is 11.3 Å². The minimum atomic E-state index is 0.359. The van der Waals surface area contributed by atoms with Gasteiger partial charge in [-0.3, -0.25) is 4.79 Å². The van der Waals surface area contributed by atoms with E-state index in [4.69, 9.17) is 0 Å². The molecule has 2 rings (SSSR count). The van der Waals surface area contributed by atoms with Gasteiger partial charge in [0.05, 0.1) is 5.56 Å². The molecule has 0 fully saturated rings. The van der Waals surface area contributed by atoms with Crippen molar-refractivity contribution in [3.8, 4) is 10.4 Å². The average Bonchev–Trinajstić information content (AvgIpc) is 2.74. The van der Waals surface area contributed by atoms with Crippen molar-refractivity contribution in [2.45, 2.75) is 0 Å². The zero-order valence-electron chi connectivity index (χ0n) is 6.06. The summed E-state index contributed by atoms with van der Waals surface area (Å²) in [7, 11) is 0. The van der Waals surface area contributed by atoms with E-state index in [0.717, 1.165) is 10.4 Å². The first-order valence-electron chi connectivity index (χ1n) is 3.35. The third-order valence-electron chi connectivity index (χ3n) is 1.50. The number of carbonyl (C=O) groups is 1. The van der Waals surface area contributed by atoms with Crippen molar-refractivity contribution in [3.63, 3.8) is 0 Å². The fraction of sp³-hybridized carbons (Fsp3) is 0. The Bertz CT molecular complexity index is 377. The van der Waals surface area contributed by atoms with Gasteiger partial charge in [0.15, 0.2) is 12.0 Å². The second-order valence-electron chi connectivity index (χ2n) is 2.21. The van der Waals surface area contributed by atoms with Crippen molar-refractivity contribution in [2.24, 2.45) is 0 Å². The summed E-state index contributed by atoms with van der Waals surface area (Å²) in [4.78, 5) is 11.5. The van der Waals surface area contributed by atoms with E-state index in [9.17, 15) is 4.79 Å². The molecular weight excluding hydrogens is 174 g/mol. The van der Waals surface area contributed by atoms with E-state index in [2.05, 4.69) is 9.68 Å². The Morgan fingerprint density at radius 1 is 1.58 bits per heavy atom. The van der Waals surface area contributed by atoms with Gasteiger partial charge in [0.1, 0.15) is 6.26 Å². The summed E-state index contributed by atoms with van der Waals surface area (Å²) in [5.74, 6) is 0. The molecule has 3 nitrogen and oxygen atoms in total. The predicted octanol–water partition coefficient (Wildman–Crippen LogP) is 2.22. The Balaban J connectivity index is 2.53. The molecule has 0 aliphatic carbocycles. The standard InChI is InChI=1S/C8H5NO2S/c10-4-7-6(5-11-9-7)8-2-1-3-12-8/h1-5H. The van der Waals surface area contributed by atoms with Crippen molar-refractivity contribution in [3.05, 3.63) is 29.5 Å². The summed E-state index contributed by atoms with van der Waals surface area (Å²) in [6.45, 7) is 0. The van der Waals surface area contributed by atoms with Gasteiger partial charge in [-0.25, -0.2) is 0 Å². The van der Waals surface area contributed by atoms with E-state index in [1.165, 1.54) is 6.26 Å². The molecule has 2 aromatic rings. The van der Waals surface area contributed by atoms with Crippen LogP contribution < -0.4 is 0 Å². The molecule has 60 valence electrons. The van der Waals surface area contributed by atoms with Gasteiger partial charge in [0.2, 0.25) is 0 Å². The first-order valence-corrected chi connectivity index (χ1v) is 4.23. The fourth-order valence-electron chi connectivity index (χ4n) is 0.947. The summed E-state index contributed by atoms with van der Waals surface area (Å²) in [6.07, 6.45) is 2.17. The van der Waals surface area contributed by atoms with Crippen LogP contribution in [0.4, 0.5) is 0 Å². The van der Waals surface area contributed by atoms with E-state index >= 15 is 0 Å². The number of thiophene rings is 1. The van der Waals surface area contributed by atoms with Crippen LogP contribution in [0.25, 0.3) is 10.4 Å². The molecule has 0 unspecified atom stereocenters. The molecule has 2 heterocycles. The second kappa shape index (κ2) is 2.91. The minimum Gasteiger partial charge on any atom is -0.363 e. The topological polar surface area (TPSA) is 43.1 Å². The lowest BCUT2D eigenvalue weighted by molar-refractivity contribution is 0.111. The van der Waals surface area contributed by atoms with Crippen molar-refractivity contribution >= 4 is 17.6 Å². The molecule has 4 heteroatoms. The first kappa shape index (κ1) is 7.24. The largest absolute Gasteiger partial charge is 0.363 e. The molecule has 0 atom stereocenters. The Morgan fingerprint density at radius 2 is 2.50 bits per heavy atom. The van der Waals surface area contributed by atoms with Crippen LogP contribution in [0.15, 0.2) is 28.3 Å². The van der Waals surface area contributed by atoms with Crippen LogP contribution in [-0.4, -0.2) is 11.4 Å². The minimum absolute atomic E-state index is 0.359. The molecule has 0 saturated heterocycles. The predicted molar refractivity (Wildman–Crippen MR) is 45.2 cm³/mol. The molecule has 0 aliphatic rings. The number of hydrogen-bond donors (Lipinski definition) is 0. The normalized spacial score (nSPS) is 10.0. The van der Waals surface area contributed by atoms with E-state index in [1.54, 1.807) is 11.3 Å². The van der Waals surface area contributed by atoms with E-state index in [-0.39, 0.29) is 0 Å². The Kier molecular flexibility index (Phi) is 1.75. The molecule has 0 amide bonds. The summed E-state index contributed by atoms with van der Waals surface area (Å²) in [5, 5.41) is 5.50. The maximum absolute atomic E-state index is 10.5. The van der Waals surface area contributed by atoms with Crippen molar-refractivity contribution < 1.29 is 9.32 Å². The van der Waals surface area contributed by atoms with E-state index in [1.807, 2.05) is 17.5 Å². The summed E-state index contributed by atoms with van der Waals surface area (Å²) in [6, 6.07) is 3.84. The molecule has 0 aromatic carbocycles. The highest BCUT2D eigenvalue weighted by atomic mass is 32.1. The fourth-order valence-corrected chi connectivity index (χ4v) is 1.69. The van der Waals surface area contributed by atoms with Crippen molar-refractivity contribution in [1.29, 1.82) is 0 Å². The number of carbonyl (C=O) groups excluding carboxylic acids is 1. The van der Waals surface area contributed by atoms with Crippen LogP contribution in [-0.2, 0) is 0 Å². The zero-order valence-corrected chi connectivity index (χ0v) is 6.88. The molecule has 2 aromatic heterocycles. The van der Waals surface area contributed by atoms with Gasteiger partial charge in [0.25, 0.3) is 0 Å². The van der Waals surface area contributed by atoms with Crippen LogP contribution in [0.5, 0.6) is 0 Å². The summed E-state index contributed by atoms with van der Waals surface area (Å²) < 4.78 is 4.69. The lowest BCUT2D eigenvalue weighted by Gasteiger charge is -1.87. The molecule has 0 saturated carbocycles. The first-order chi connectivity index (χ1) is 5.92. The number of hydrogen-bond acceptors (Lipinski definition) is 4. The van der Waals surface area contributed by atoms with Crippen molar-refractivity contribution in [2.75, 3.05) is 0 Å². The highest BCUT2D eigenvalue weighted by Crippen LogP contribution is 2.26. The number of aldehydes is 1. The summed E-state index contributed by atoms with van der Waals surface area (Å²) in [5.41, 5.74) is 1.12. The highest BCUT2D eigenvalue weighted by Gasteiger charge is 2.08. The lowest BCUT2D eigenvalue weighted by atomic mass is 10.2. The Labute approximate surface area is 72.6 Å². The van der Waals surface area contributed by atoms with Gasteiger partial charge in [-0.2, -0.15) is 0 Å². The SMILES string of the molecule is O=Cc1nocc1-c1cccs1. The number of rotatable bonds is 2. The zero-order chi connectivity index (χ0) is 8.39. The maximum atomic E-state index is 10.5. The van der Waals surface area contributed by atoms with Gasteiger partial charge in [-0.15, -0.1) is 11.3 Å². The molecule has 0 radical (unpaired) electrons. The molecule has 12 heavy (non-hydrogen) atoms. The van der Waals surface area contributed by atoms with Crippen molar-refractivity contribution in [1.82, 2.24) is 5.16 Å². The van der Waals surface area contributed by atoms with E-state index in [0.29, 0.717) is 12.0 Å². The van der Waals surface area contributed by atoms with Crippen LogP contribution in [0.1, 0.15) is 10.5 Å². The third-order valence-corrected chi connectivity index (χ3v) is 2.40. The van der Waals surface area contributed by atoms with Gasteiger partial charge < -0.3 is 4.52 Å². The van der Waals surface area contributed by atoms with Crippen LogP contribution in [0.2, 0.25) is 0 Å². The smallest absolute Gasteiger partial charge is 0.172 e. The molecule has 0 aliphatic heterocycles. The number of aromatic nitrogens is 1. The molecular formula is C8H5NO2S. The number of nitrogens with zero attached hydrogens (tertiary/aromatic N) is 1.